The van der Waals surface area contributed by atoms with Crippen molar-refractivity contribution in [2.24, 2.45) is 0 Å². The lowest BCUT2D eigenvalue weighted by Crippen LogP contribution is -2.36. The zero-order valence-electron chi connectivity index (χ0n) is 9.29. The first-order chi connectivity index (χ1) is 7.66. The topological polar surface area (TPSA) is 78.4 Å². The summed E-state index contributed by atoms with van der Waals surface area (Å²) in [6, 6.07) is -0.258. The Labute approximate surface area is 95.6 Å². The molecule has 0 aliphatic rings. The summed E-state index contributed by atoms with van der Waals surface area (Å²) in [5.74, 6) is 1.67. The van der Waals surface area contributed by atoms with Crippen LogP contribution in [0.5, 0.6) is 0 Å². The van der Waals surface area contributed by atoms with E-state index < -0.39 is 5.97 Å². The fourth-order valence-corrected chi connectivity index (χ4v) is 1.06. The molecule has 0 saturated heterocycles. The lowest BCUT2D eigenvalue weighted by molar-refractivity contribution is -0.137. The lowest BCUT2D eigenvalue weighted by Gasteiger charge is -2.06. The Kier molecular flexibility index (Phi) is 8.79. The predicted molar refractivity (Wildman–Crippen MR) is 61.0 cm³/mol. The zero-order chi connectivity index (χ0) is 12.2. The van der Waals surface area contributed by atoms with Gasteiger partial charge >= 0.3 is 12.0 Å². The average molecular weight is 226 g/mol. The molecule has 3 N–H and O–H groups in total. The number of carbonyl (C=O) groups excluding carboxylic acids is 1. The number of unbranched alkanes of at least 4 members (excludes halogenated alkanes) is 2. The molecule has 0 bridgehead atoms. The highest BCUT2D eigenvalue weighted by Gasteiger charge is 2.00. The third kappa shape index (κ3) is 10.4. The number of rotatable bonds is 8. The second-order valence-electron chi connectivity index (χ2n) is 3.34. The fourth-order valence-electron chi connectivity index (χ4n) is 1.06. The molecule has 0 radical (unpaired) electrons. The quantitative estimate of drug-likeness (QED) is 0.426. The highest BCUT2D eigenvalue weighted by molar-refractivity contribution is 5.73. The molecular formula is C11H18N2O3. The van der Waals surface area contributed by atoms with Crippen LogP contribution in [0.1, 0.15) is 32.1 Å². The molecule has 5 nitrogen and oxygen atoms in total. The molecule has 0 rings (SSSR count). The minimum atomic E-state index is -0.850. The summed E-state index contributed by atoms with van der Waals surface area (Å²) >= 11 is 0. The van der Waals surface area contributed by atoms with Crippen LogP contribution in [0.3, 0.4) is 0 Å². The number of amides is 2. The number of hydrogen-bond donors (Lipinski definition) is 3. The van der Waals surface area contributed by atoms with Gasteiger partial charge in [0.15, 0.2) is 0 Å². The van der Waals surface area contributed by atoms with Crippen molar-refractivity contribution in [2.75, 3.05) is 13.1 Å². The van der Waals surface area contributed by atoms with Gasteiger partial charge in [-0.25, -0.2) is 4.79 Å². The van der Waals surface area contributed by atoms with Crippen LogP contribution in [0.4, 0.5) is 4.79 Å². The first-order valence-corrected chi connectivity index (χ1v) is 5.33. The molecule has 0 unspecified atom stereocenters. The zero-order valence-corrected chi connectivity index (χ0v) is 9.29. The van der Waals surface area contributed by atoms with Gasteiger partial charge in [-0.05, 0) is 19.3 Å². The summed E-state index contributed by atoms with van der Waals surface area (Å²) in [7, 11) is 0. The number of carbonyl (C=O) groups is 2. The SMILES string of the molecule is C#CCCCCNC(=O)NCCCC(=O)O. The van der Waals surface area contributed by atoms with Gasteiger partial charge in [0.05, 0.1) is 0 Å². The third-order valence-electron chi connectivity index (χ3n) is 1.89. The molecule has 0 atom stereocenters. The van der Waals surface area contributed by atoms with Crippen LogP contribution in [-0.2, 0) is 4.79 Å². The number of hydrogen-bond acceptors (Lipinski definition) is 2. The summed E-state index contributed by atoms with van der Waals surface area (Å²) in [6.45, 7) is 0.967. The minimum absolute atomic E-state index is 0.0719. The Morgan fingerprint density at radius 3 is 2.31 bits per heavy atom. The van der Waals surface area contributed by atoms with E-state index in [0.29, 0.717) is 19.5 Å². The van der Waals surface area contributed by atoms with E-state index in [9.17, 15) is 9.59 Å². The minimum Gasteiger partial charge on any atom is -0.481 e. The van der Waals surface area contributed by atoms with Gasteiger partial charge in [0.2, 0.25) is 0 Å². The highest BCUT2D eigenvalue weighted by atomic mass is 16.4. The van der Waals surface area contributed by atoms with E-state index in [1.165, 1.54) is 0 Å². The van der Waals surface area contributed by atoms with Gasteiger partial charge in [0, 0.05) is 25.9 Å². The van der Waals surface area contributed by atoms with Crippen molar-refractivity contribution >= 4 is 12.0 Å². The number of nitrogens with one attached hydrogen (secondary N) is 2. The molecule has 16 heavy (non-hydrogen) atoms. The van der Waals surface area contributed by atoms with Crippen LogP contribution >= 0.6 is 0 Å². The maximum atomic E-state index is 11.1. The molecule has 0 spiro atoms. The number of terminal acetylenes is 1. The molecule has 0 aromatic heterocycles. The smallest absolute Gasteiger partial charge is 0.314 e. The predicted octanol–water partition coefficient (Wildman–Crippen LogP) is 0.954. The number of aliphatic carboxylic acids is 1. The molecule has 0 aliphatic carbocycles. The number of urea groups is 1. The van der Waals surface area contributed by atoms with E-state index in [1.807, 2.05) is 0 Å². The Bertz CT molecular complexity index is 258. The van der Waals surface area contributed by atoms with Gasteiger partial charge in [-0.15, -0.1) is 12.3 Å². The second kappa shape index (κ2) is 9.84. The van der Waals surface area contributed by atoms with Gasteiger partial charge in [0.1, 0.15) is 0 Å². The lowest BCUT2D eigenvalue weighted by atomic mass is 10.2. The first kappa shape index (κ1) is 14.3. The van der Waals surface area contributed by atoms with Crippen LogP contribution in [0.2, 0.25) is 0 Å². The van der Waals surface area contributed by atoms with Crippen LogP contribution in [0.25, 0.3) is 0 Å². The summed E-state index contributed by atoms with van der Waals surface area (Å²) in [6.07, 6.45) is 8.07. The summed E-state index contributed by atoms with van der Waals surface area (Å²) in [5, 5.41) is 13.6. The Hall–Kier alpha value is -1.70. The highest BCUT2D eigenvalue weighted by Crippen LogP contribution is 1.91. The molecule has 90 valence electrons. The Morgan fingerprint density at radius 1 is 1.12 bits per heavy atom. The summed E-state index contributed by atoms with van der Waals surface area (Å²) in [5.41, 5.74) is 0. The maximum absolute atomic E-state index is 11.1. The fraction of sp³-hybridized carbons (Fsp3) is 0.636. The van der Waals surface area contributed by atoms with Crippen molar-refractivity contribution in [3.63, 3.8) is 0 Å². The van der Waals surface area contributed by atoms with Gasteiger partial charge in [0.25, 0.3) is 0 Å². The largest absolute Gasteiger partial charge is 0.481 e. The average Bonchev–Trinajstić information content (AvgIpc) is 2.24. The molecule has 0 heterocycles. The van der Waals surface area contributed by atoms with Crippen LogP contribution in [0.15, 0.2) is 0 Å². The van der Waals surface area contributed by atoms with Crippen LogP contribution in [-0.4, -0.2) is 30.2 Å². The Morgan fingerprint density at radius 2 is 1.75 bits per heavy atom. The van der Waals surface area contributed by atoms with E-state index in [0.717, 1.165) is 19.3 Å². The monoisotopic (exact) mass is 226 g/mol. The normalized spacial score (nSPS) is 9.19. The molecule has 0 saturated carbocycles. The molecule has 0 aliphatic heterocycles. The first-order valence-electron chi connectivity index (χ1n) is 5.33. The van der Waals surface area contributed by atoms with E-state index in [2.05, 4.69) is 16.6 Å². The van der Waals surface area contributed by atoms with Crippen molar-refractivity contribution in [1.82, 2.24) is 10.6 Å². The molecule has 0 aromatic carbocycles. The van der Waals surface area contributed by atoms with Crippen molar-refractivity contribution in [3.8, 4) is 12.3 Å². The molecular weight excluding hydrogens is 208 g/mol. The Balaban J connectivity index is 3.25. The van der Waals surface area contributed by atoms with Gasteiger partial charge in [-0.1, -0.05) is 0 Å². The number of carboxylic acid groups (broad SMARTS) is 1. The van der Waals surface area contributed by atoms with Crippen LogP contribution < -0.4 is 10.6 Å². The molecule has 2 amide bonds. The van der Waals surface area contributed by atoms with Gasteiger partial charge in [-0.3, -0.25) is 4.79 Å². The van der Waals surface area contributed by atoms with Crippen molar-refractivity contribution in [2.45, 2.75) is 32.1 Å². The van der Waals surface area contributed by atoms with E-state index in [-0.39, 0.29) is 12.5 Å². The van der Waals surface area contributed by atoms with Crippen molar-refractivity contribution in [1.29, 1.82) is 0 Å². The third-order valence-corrected chi connectivity index (χ3v) is 1.89. The van der Waals surface area contributed by atoms with E-state index >= 15 is 0 Å². The molecule has 5 heteroatoms. The number of carboxylic acids is 1. The van der Waals surface area contributed by atoms with Crippen molar-refractivity contribution in [3.05, 3.63) is 0 Å². The summed E-state index contributed by atoms with van der Waals surface area (Å²) < 4.78 is 0. The molecule has 0 aromatic rings. The van der Waals surface area contributed by atoms with E-state index in [1.54, 1.807) is 0 Å². The second-order valence-corrected chi connectivity index (χ2v) is 3.34. The van der Waals surface area contributed by atoms with Gasteiger partial charge in [-0.2, -0.15) is 0 Å². The van der Waals surface area contributed by atoms with Crippen molar-refractivity contribution < 1.29 is 14.7 Å². The standard InChI is InChI=1S/C11H18N2O3/c1-2-3-4-5-8-12-11(16)13-9-6-7-10(14)15/h1H,3-9H2,(H,14,15)(H2,12,13,16). The van der Waals surface area contributed by atoms with Gasteiger partial charge < -0.3 is 15.7 Å². The van der Waals surface area contributed by atoms with Crippen LogP contribution in [0, 0.1) is 12.3 Å². The maximum Gasteiger partial charge on any atom is 0.314 e. The summed E-state index contributed by atoms with van der Waals surface area (Å²) in [4.78, 5) is 21.3. The molecule has 0 fully saturated rings. The van der Waals surface area contributed by atoms with E-state index in [4.69, 9.17) is 11.5 Å².